The van der Waals surface area contributed by atoms with Crippen LogP contribution in [-0.2, 0) is 0 Å². The molecule has 2 aromatic carbocycles. The fraction of sp³-hybridized carbons (Fsp3) is 0.160. The standard InChI is InChI=1S/C25H17Cl2FN8O/c26-12-1-4-19(35-10-31-33-34-35)14(7-12)11-5-20-15-8-16(15)24(36(20)21(37)6-11)25-30-9-18(32-25)13-2-3-17(29)22(27)23(13)28/h1-7,9-10,15-16,24H,8,29H2,(H,30,32)/t15-,16+,24+/m1/s1. The minimum absolute atomic E-state index is 0.132. The van der Waals surface area contributed by atoms with Crippen molar-refractivity contribution >= 4 is 28.9 Å². The molecule has 1 aliphatic heterocycles. The van der Waals surface area contributed by atoms with E-state index in [0.717, 1.165) is 23.2 Å². The first-order valence-corrected chi connectivity index (χ1v) is 12.2. The molecular weight excluding hydrogens is 518 g/mol. The number of hydrogen-bond donors (Lipinski definition) is 2. The van der Waals surface area contributed by atoms with E-state index in [1.54, 1.807) is 41.1 Å². The molecule has 184 valence electrons. The van der Waals surface area contributed by atoms with Gasteiger partial charge in [0.25, 0.3) is 5.56 Å². The van der Waals surface area contributed by atoms with Crippen LogP contribution in [0.25, 0.3) is 28.1 Å². The summed E-state index contributed by atoms with van der Waals surface area (Å²) in [5.41, 5.74) is 9.57. The predicted octanol–water partition coefficient (Wildman–Crippen LogP) is 4.62. The Kier molecular flexibility index (Phi) is 4.79. The van der Waals surface area contributed by atoms with Crippen molar-refractivity contribution in [1.82, 2.24) is 34.7 Å². The lowest BCUT2D eigenvalue weighted by Gasteiger charge is -2.18. The van der Waals surface area contributed by atoms with E-state index in [9.17, 15) is 9.18 Å². The van der Waals surface area contributed by atoms with Crippen LogP contribution in [0, 0.1) is 11.7 Å². The third-order valence-corrected chi connectivity index (χ3v) is 7.76. The zero-order valence-electron chi connectivity index (χ0n) is 18.9. The summed E-state index contributed by atoms with van der Waals surface area (Å²) in [6.07, 6.45) is 3.98. The monoisotopic (exact) mass is 534 g/mol. The van der Waals surface area contributed by atoms with E-state index in [1.807, 2.05) is 12.1 Å². The van der Waals surface area contributed by atoms with Gasteiger partial charge in [0, 0.05) is 33.8 Å². The molecule has 3 N–H and O–H groups in total. The first-order valence-electron chi connectivity index (χ1n) is 11.5. The van der Waals surface area contributed by atoms with Crippen LogP contribution in [0.2, 0.25) is 10.0 Å². The number of nitrogen functional groups attached to an aromatic ring is 1. The average Bonchev–Trinajstić information content (AvgIpc) is 3.23. The summed E-state index contributed by atoms with van der Waals surface area (Å²) in [7, 11) is 0. The molecule has 2 aliphatic rings. The van der Waals surface area contributed by atoms with Crippen molar-refractivity contribution in [2.45, 2.75) is 18.4 Å². The van der Waals surface area contributed by atoms with E-state index in [1.165, 1.54) is 11.0 Å². The molecule has 3 aromatic heterocycles. The maximum atomic E-state index is 14.8. The molecule has 0 spiro atoms. The van der Waals surface area contributed by atoms with Gasteiger partial charge in [0.2, 0.25) is 0 Å². The van der Waals surface area contributed by atoms with E-state index >= 15 is 0 Å². The lowest BCUT2D eigenvalue weighted by Crippen LogP contribution is -2.26. The lowest BCUT2D eigenvalue weighted by molar-refractivity contribution is 0.514. The number of halogens is 3. The van der Waals surface area contributed by atoms with Gasteiger partial charge in [-0.3, -0.25) is 4.79 Å². The molecule has 0 saturated heterocycles. The number of tetrazole rings is 1. The number of imidazole rings is 1. The van der Waals surface area contributed by atoms with E-state index in [0.29, 0.717) is 22.2 Å². The van der Waals surface area contributed by atoms with Crippen molar-refractivity contribution in [3.8, 4) is 28.1 Å². The predicted molar refractivity (Wildman–Crippen MR) is 136 cm³/mol. The number of nitrogens with zero attached hydrogens (tertiary/aromatic N) is 6. The van der Waals surface area contributed by atoms with Gasteiger partial charge in [-0.25, -0.2) is 9.37 Å². The quantitative estimate of drug-likeness (QED) is 0.324. The van der Waals surface area contributed by atoms with E-state index < -0.39 is 5.82 Å². The molecular formula is C25H17Cl2FN8O. The van der Waals surface area contributed by atoms with E-state index in [2.05, 4.69) is 25.5 Å². The fourth-order valence-corrected chi connectivity index (χ4v) is 5.70. The number of pyridine rings is 1. The Hall–Kier alpha value is -4.02. The van der Waals surface area contributed by atoms with Gasteiger partial charge >= 0.3 is 0 Å². The Morgan fingerprint density at radius 2 is 1.97 bits per heavy atom. The third-order valence-electron chi connectivity index (χ3n) is 7.14. The van der Waals surface area contributed by atoms with Crippen molar-refractivity contribution in [3.05, 3.63) is 92.7 Å². The Morgan fingerprint density at radius 1 is 1.11 bits per heavy atom. The topological polar surface area (TPSA) is 120 Å². The van der Waals surface area contributed by atoms with Crippen molar-refractivity contribution < 1.29 is 4.39 Å². The Morgan fingerprint density at radius 3 is 2.78 bits per heavy atom. The molecule has 0 unspecified atom stereocenters. The molecule has 0 bridgehead atoms. The summed E-state index contributed by atoms with van der Waals surface area (Å²) in [5.74, 6) is 0.431. The highest BCUT2D eigenvalue weighted by Crippen LogP contribution is 2.60. The van der Waals surface area contributed by atoms with Crippen LogP contribution < -0.4 is 11.3 Å². The Bertz CT molecular complexity index is 1760. The molecule has 1 aliphatic carbocycles. The molecule has 9 nitrogen and oxygen atoms in total. The van der Waals surface area contributed by atoms with Gasteiger partial charge in [0.15, 0.2) is 5.82 Å². The van der Waals surface area contributed by atoms with Crippen molar-refractivity contribution in [3.63, 3.8) is 0 Å². The lowest BCUT2D eigenvalue weighted by atomic mass is 10.0. The molecule has 1 saturated carbocycles. The number of H-pyrrole nitrogens is 1. The molecule has 3 atom stereocenters. The second-order valence-corrected chi connectivity index (χ2v) is 10.1. The Balaban J connectivity index is 1.31. The van der Waals surface area contributed by atoms with Crippen LogP contribution in [0.15, 0.2) is 59.8 Å². The largest absolute Gasteiger partial charge is 0.397 e. The first kappa shape index (κ1) is 22.2. The minimum Gasteiger partial charge on any atom is -0.397 e. The SMILES string of the molecule is Nc1ccc(-c2cnc([C@@H]3[C@H]4C[C@H]4c4cc(-c5cc(Cl)ccc5-n5cnnn5)cc(=O)n43)[nH]2)c(F)c1Cl. The molecule has 0 amide bonds. The van der Waals surface area contributed by atoms with E-state index in [-0.39, 0.29) is 39.7 Å². The summed E-state index contributed by atoms with van der Waals surface area (Å²) in [4.78, 5) is 21.2. The highest BCUT2D eigenvalue weighted by atomic mass is 35.5. The number of nitrogens with one attached hydrogen (secondary N) is 1. The summed E-state index contributed by atoms with van der Waals surface area (Å²) < 4.78 is 18.1. The van der Waals surface area contributed by atoms with Crippen LogP contribution in [0.1, 0.15) is 29.9 Å². The number of anilines is 1. The molecule has 1 fully saturated rings. The van der Waals surface area contributed by atoms with Gasteiger partial charge in [-0.05, 0) is 64.7 Å². The van der Waals surface area contributed by atoms with Crippen LogP contribution in [-0.4, -0.2) is 34.7 Å². The Labute approximate surface area is 218 Å². The third kappa shape index (κ3) is 3.40. The van der Waals surface area contributed by atoms with E-state index in [4.69, 9.17) is 28.9 Å². The fourth-order valence-electron chi connectivity index (χ4n) is 5.37. The molecule has 4 heterocycles. The molecule has 7 rings (SSSR count). The second kappa shape index (κ2) is 7.99. The van der Waals surface area contributed by atoms with Crippen LogP contribution in [0.4, 0.5) is 10.1 Å². The maximum Gasteiger partial charge on any atom is 0.252 e. The number of benzene rings is 2. The second-order valence-electron chi connectivity index (χ2n) is 9.26. The van der Waals surface area contributed by atoms with Gasteiger partial charge in [-0.15, -0.1) is 5.10 Å². The first-order chi connectivity index (χ1) is 17.9. The smallest absolute Gasteiger partial charge is 0.252 e. The van der Waals surface area contributed by atoms with Gasteiger partial charge in [0.05, 0.1) is 34.3 Å². The van der Waals surface area contributed by atoms with Crippen LogP contribution in [0.3, 0.4) is 0 Å². The summed E-state index contributed by atoms with van der Waals surface area (Å²) >= 11 is 12.3. The van der Waals surface area contributed by atoms with Crippen LogP contribution >= 0.6 is 23.2 Å². The summed E-state index contributed by atoms with van der Waals surface area (Å²) in [6.45, 7) is 0. The van der Waals surface area contributed by atoms with Crippen molar-refractivity contribution in [2.75, 3.05) is 5.73 Å². The number of aromatic nitrogens is 7. The molecule has 37 heavy (non-hydrogen) atoms. The van der Waals surface area contributed by atoms with Crippen molar-refractivity contribution in [1.29, 1.82) is 0 Å². The number of fused-ring (bicyclic) bond motifs is 3. The normalized spacial score (nSPS) is 19.6. The highest BCUT2D eigenvalue weighted by Gasteiger charge is 2.54. The maximum absolute atomic E-state index is 14.8. The number of aromatic amines is 1. The van der Waals surface area contributed by atoms with Gasteiger partial charge in [0.1, 0.15) is 12.2 Å². The van der Waals surface area contributed by atoms with Gasteiger partial charge < -0.3 is 15.3 Å². The summed E-state index contributed by atoms with van der Waals surface area (Å²) in [6, 6.07) is 11.8. The average molecular weight is 535 g/mol. The van der Waals surface area contributed by atoms with Crippen molar-refractivity contribution in [2.24, 2.45) is 5.92 Å². The number of nitrogens with two attached hydrogens (primary N) is 1. The van der Waals surface area contributed by atoms with Gasteiger partial charge in [-0.2, -0.15) is 4.68 Å². The zero-order chi connectivity index (χ0) is 25.4. The summed E-state index contributed by atoms with van der Waals surface area (Å²) in [5, 5.41) is 11.8. The molecule has 5 aromatic rings. The number of hydrogen-bond acceptors (Lipinski definition) is 6. The van der Waals surface area contributed by atoms with Gasteiger partial charge in [-0.1, -0.05) is 23.2 Å². The molecule has 12 heteroatoms. The highest BCUT2D eigenvalue weighted by molar-refractivity contribution is 6.33. The minimum atomic E-state index is -0.616. The van der Waals surface area contributed by atoms with Crippen LogP contribution in [0.5, 0.6) is 0 Å². The number of rotatable bonds is 4. The molecule has 0 radical (unpaired) electrons. The zero-order valence-corrected chi connectivity index (χ0v) is 20.4.